The number of amides is 1. The van der Waals surface area contributed by atoms with Crippen LogP contribution in [-0.4, -0.2) is 37.2 Å². The second-order valence-corrected chi connectivity index (χ2v) is 3.80. The Hall–Kier alpha value is -1.62. The normalized spacial score (nSPS) is 10.1. The second kappa shape index (κ2) is 8.47. The molecule has 0 saturated heterocycles. The zero-order chi connectivity index (χ0) is 13.2. The number of hydrogen-bond donors (Lipinski definition) is 2. The molecule has 0 unspecified atom stereocenters. The Morgan fingerprint density at radius 1 is 1.39 bits per heavy atom. The molecule has 0 aromatic carbocycles. The first-order valence-electron chi connectivity index (χ1n) is 6.33. The van der Waals surface area contributed by atoms with Gasteiger partial charge in [-0.05, 0) is 19.4 Å². The number of nitrogens with zero attached hydrogens (tertiary/aromatic N) is 1. The van der Waals surface area contributed by atoms with Crippen LogP contribution >= 0.6 is 0 Å². The third kappa shape index (κ3) is 4.71. The van der Waals surface area contributed by atoms with Gasteiger partial charge in [0.2, 0.25) is 0 Å². The van der Waals surface area contributed by atoms with Gasteiger partial charge in [-0.15, -0.1) is 0 Å². The van der Waals surface area contributed by atoms with Gasteiger partial charge in [-0.1, -0.05) is 6.92 Å². The lowest BCUT2D eigenvalue weighted by Crippen LogP contribution is -2.28. The molecule has 18 heavy (non-hydrogen) atoms. The maximum atomic E-state index is 12.0. The molecule has 0 aliphatic heterocycles. The third-order valence-electron chi connectivity index (χ3n) is 2.37. The fourth-order valence-electron chi connectivity index (χ4n) is 1.47. The van der Waals surface area contributed by atoms with Gasteiger partial charge in [0.25, 0.3) is 5.91 Å². The topological polar surface area (TPSA) is 63.2 Å². The maximum absolute atomic E-state index is 12.0. The minimum atomic E-state index is -0.101. The third-order valence-corrected chi connectivity index (χ3v) is 2.37. The molecule has 0 spiro atoms. The van der Waals surface area contributed by atoms with Crippen LogP contribution in [0.2, 0.25) is 0 Å². The van der Waals surface area contributed by atoms with Crippen molar-refractivity contribution in [2.75, 3.05) is 31.6 Å². The van der Waals surface area contributed by atoms with E-state index in [4.69, 9.17) is 4.74 Å². The Bertz CT molecular complexity index is 369. The summed E-state index contributed by atoms with van der Waals surface area (Å²) >= 11 is 0. The Morgan fingerprint density at radius 3 is 2.94 bits per heavy atom. The van der Waals surface area contributed by atoms with Gasteiger partial charge in [-0.2, -0.15) is 0 Å². The molecule has 0 aliphatic rings. The number of rotatable bonds is 8. The van der Waals surface area contributed by atoms with Crippen LogP contribution in [0.1, 0.15) is 30.6 Å². The average Bonchev–Trinajstić information content (AvgIpc) is 2.41. The van der Waals surface area contributed by atoms with Gasteiger partial charge in [0.05, 0.1) is 24.1 Å². The van der Waals surface area contributed by atoms with Crippen LogP contribution in [0.5, 0.6) is 0 Å². The summed E-state index contributed by atoms with van der Waals surface area (Å²) in [7, 11) is 0. The van der Waals surface area contributed by atoms with Gasteiger partial charge in [-0.25, -0.2) is 0 Å². The molecule has 1 amide bonds. The van der Waals surface area contributed by atoms with Crippen LogP contribution in [0.3, 0.4) is 0 Å². The monoisotopic (exact) mass is 251 g/mol. The van der Waals surface area contributed by atoms with Crippen molar-refractivity contribution in [2.24, 2.45) is 0 Å². The summed E-state index contributed by atoms with van der Waals surface area (Å²) < 4.78 is 5.17. The number of ether oxygens (including phenoxy) is 1. The van der Waals surface area contributed by atoms with Gasteiger partial charge in [0.1, 0.15) is 0 Å². The van der Waals surface area contributed by atoms with Crippen molar-refractivity contribution in [3.05, 3.63) is 24.0 Å². The van der Waals surface area contributed by atoms with E-state index in [9.17, 15) is 4.79 Å². The first-order chi connectivity index (χ1) is 8.79. The Balaban J connectivity index is 2.55. The van der Waals surface area contributed by atoms with Gasteiger partial charge in [0.15, 0.2) is 0 Å². The maximum Gasteiger partial charge on any atom is 0.253 e. The minimum Gasteiger partial charge on any atom is -0.383 e. The van der Waals surface area contributed by atoms with Crippen LogP contribution in [0.15, 0.2) is 18.5 Å². The standard InChI is InChI=1S/C13H21N3O2/c1-3-6-15-12-10-14-7-5-11(12)13(17)16-8-9-18-4-2/h5,7,10,15H,3-4,6,8-9H2,1-2H3,(H,16,17). The number of carbonyl (C=O) groups is 1. The smallest absolute Gasteiger partial charge is 0.253 e. The summed E-state index contributed by atoms with van der Waals surface area (Å²) in [5.41, 5.74) is 1.39. The summed E-state index contributed by atoms with van der Waals surface area (Å²) in [6.45, 7) is 6.54. The van der Waals surface area contributed by atoms with E-state index in [0.717, 1.165) is 18.7 Å². The predicted octanol–water partition coefficient (Wildman–Crippen LogP) is 1.67. The number of carbonyl (C=O) groups excluding carboxylic acids is 1. The SMILES string of the molecule is CCCNc1cnccc1C(=O)NCCOCC. The Kier molecular flexibility index (Phi) is 6.79. The van der Waals surface area contributed by atoms with Crippen LogP contribution < -0.4 is 10.6 Å². The highest BCUT2D eigenvalue weighted by Crippen LogP contribution is 2.12. The molecule has 2 N–H and O–H groups in total. The van der Waals surface area contributed by atoms with E-state index in [2.05, 4.69) is 22.5 Å². The van der Waals surface area contributed by atoms with Crippen molar-refractivity contribution in [2.45, 2.75) is 20.3 Å². The summed E-state index contributed by atoms with van der Waals surface area (Å²) in [6, 6.07) is 1.72. The molecule has 0 saturated carbocycles. The number of anilines is 1. The van der Waals surface area contributed by atoms with Crippen molar-refractivity contribution in [3.63, 3.8) is 0 Å². The summed E-state index contributed by atoms with van der Waals surface area (Å²) in [5, 5.41) is 6.01. The van der Waals surface area contributed by atoms with Gasteiger partial charge >= 0.3 is 0 Å². The van der Waals surface area contributed by atoms with E-state index in [1.165, 1.54) is 0 Å². The highest BCUT2D eigenvalue weighted by atomic mass is 16.5. The van der Waals surface area contributed by atoms with Crippen molar-refractivity contribution in [3.8, 4) is 0 Å². The van der Waals surface area contributed by atoms with Crippen molar-refractivity contribution >= 4 is 11.6 Å². The molecule has 0 radical (unpaired) electrons. The van der Waals surface area contributed by atoms with Crippen LogP contribution in [-0.2, 0) is 4.74 Å². The highest BCUT2D eigenvalue weighted by molar-refractivity contribution is 5.99. The van der Waals surface area contributed by atoms with Gasteiger partial charge in [-0.3, -0.25) is 9.78 Å². The van der Waals surface area contributed by atoms with E-state index in [1.54, 1.807) is 18.5 Å². The lowest BCUT2D eigenvalue weighted by Gasteiger charge is -2.11. The molecule has 0 fully saturated rings. The van der Waals surface area contributed by atoms with Crippen molar-refractivity contribution in [1.82, 2.24) is 10.3 Å². The molecule has 5 nitrogen and oxygen atoms in total. The first kappa shape index (κ1) is 14.4. The lowest BCUT2D eigenvalue weighted by molar-refractivity contribution is 0.0923. The molecule has 1 heterocycles. The molecular formula is C13H21N3O2. The molecule has 100 valence electrons. The highest BCUT2D eigenvalue weighted by Gasteiger charge is 2.10. The quantitative estimate of drug-likeness (QED) is 0.690. The number of hydrogen-bond acceptors (Lipinski definition) is 4. The zero-order valence-corrected chi connectivity index (χ0v) is 11.0. The van der Waals surface area contributed by atoms with Crippen LogP contribution in [0, 0.1) is 0 Å². The molecule has 0 aliphatic carbocycles. The van der Waals surface area contributed by atoms with E-state index in [0.29, 0.717) is 25.3 Å². The van der Waals surface area contributed by atoms with E-state index >= 15 is 0 Å². The lowest BCUT2D eigenvalue weighted by atomic mass is 10.2. The average molecular weight is 251 g/mol. The zero-order valence-electron chi connectivity index (χ0n) is 11.0. The Labute approximate surface area is 108 Å². The number of pyridine rings is 1. The molecule has 0 bridgehead atoms. The van der Waals surface area contributed by atoms with E-state index in [-0.39, 0.29) is 5.91 Å². The van der Waals surface area contributed by atoms with E-state index in [1.807, 2.05) is 6.92 Å². The fourth-order valence-corrected chi connectivity index (χ4v) is 1.47. The van der Waals surface area contributed by atoms with E-state index < -0.39 is 0 Å². The molecule has 1 rings (SSSR count). The molecular weight excluding hydrogens is 230 g/mol. The van der Waals surface area contributed by atoms with Gasteiger partial charge < -0.3 is 15.4 Å². The largest absolute Gasteiger partial charge is 0.383 e. The predicted molar refractivity (Wildman–Crippen MR) is 71.8 cm³/mol. The molecule has 0 atom stereocenters. The molecule has 5 heteroatoms. The van der Waals surface area contributed by atoms with Crippen molar-refractivity contribution < 1.29 is 9.53 Å². The van der Waals surface area contributed by atoms with Crippen LogP contribution in [0.25, 0.3) is 0 Å². The summed E-state index contributed by atoms with van der Waals surface area (Å²) in [6.07, 6.45) is 4.29. The molecule has 1 aromatic rings. The first-order valence-corrected chi connectivity index (χ1v) is 6.33. The van der Waals surface area contributed by atoms with Crippen LogP contribution in [0.4, 0.5) is 5.69 Å². The minimum absolute atomic E-state index is 0.101. The number of aromatic nitrogens is 1. The molecule has 1 aromatic heterocycles. The summed E-state index contributed by atoms with van der Waals surface area (Å²) in [5.74, 6) is -0.101. The van der Waals surface area contributed by atoms with Crippen molar-refractivity contribution in [1.29, 1.82) is 0 Å². The number of nitrogens with one attached hydrogen (secondary N) is 2. The second-order valence-electron chi connectivity index (χ2n) is 3.80. The summed E-state index contributed by atoms with van der Waals surface area (Å²) in [4.78, 5) is 16.0. The Morgan fingerprint density at radius 2 is 2.22 bits per heavy atom. The van der Waals surface area contributed by atoms with Gasteiger partial charge in [0, 0.05) is 25.9 Å². The fraction of sp³-hybridized carbons (Fsp3) is 0.538.